The normalized spacial score (nSPS) is 15.6. The summed E-state index contributed by atoms with van der Waals surface area (Å²) in [5.74, 6) is 0.246. The fraction of sp³-hybridized carbons (Fsp3) is 0.462. The second kappa shape index (κ2) is 5.12. The van der Waals surface area contributed by atoms with Gasteiger partial charge >= 0.3 is 0 Å². The first kappa shape index (κ1) is 11.1. The van der Waals surface area contributed by atoms with E-state index in [2.05, 4.69) is 17.4 Å². The third kappa shape index (κ3) is 2.61. The summed E-state index contributed by atoms with van der Waals surface area (Å²) in [6, 6.07) is 10.6. The zero-order chi connectivity index (χ0) is 11.4. The van der Waals surface area contributed by atoms with E-state index in [1.165, 1.54) is 5.56 Å². The maximum absolute atomic E-state index is 11.8. The molecule has 3 nitrogen and oxygen atoms in total. The first-order valence-corrected chi connectivity index (χ1v) is 5.77. The maximum Gasteiger partial charge on any atom is 0.222 e. The molecule has 1 N–H and O–H groups in total. The van der Waals surface area contributed by atoms with Gasteiger partial charge in [0.25, 0.3) is 0 Å². The standard InChI is InChI=1S/C13H18N2O/c1-15(12-9-14-10-12)13(16)8-7-11-5-3-2-4-6-11/h2-6,12,14H,7-10H2,1H3. The molecule has 0 radical (unpaired) electrons. The highest BCUT2D eigenvalue weighted by atomic mass is 16.2. The van der Waals surface area contributed by atoms with E-state index in [-0.39, 0.29) is 5.91 Å². The summed E-state index contributed by atoms with van der Waals surface area (Å²) >= 11 is 0. The third-order valence-electron chi connectivity index (χ3n) is 3.17. The summed E-state index contributed by atoms with van der Waals surface area (Å²) in [6.45, 7) is 1.88. The number of hydrogen-bond donors (Lipinski definition) is 1. The molecular weight excluding hydrogens is 200 g/mol. The molecule has 0 spiro atoms. The van der Waals surface area contributed by atoms with Crippen LogP contribution in [-0.2, 0) is 11.2 Å². The number of benzene rings is 1. The topological polar surface area (TPSA) is 32.3 Å². The lowest BCUT2D eigenvalue weighted by Gasteiger charge is -2.35. The van der Waals surface area contributed by atoms with Gasteiger partial charge in [-0.2, -0.15) is 0 Å². The summed E-state index contributed by atoms with van der Waals surface area (Å²) in [6.07, 6.45) is 1.45. The zero-order valence-corrected chi connectivity index (χ0v) is 9.65. The van der Waals surface area contributed by atoms with Gasteiger partial charge in [-0.3, -0.25) is 4.79 Å². The lowest BCUT2D eigenvalue weighted by atomic mass is 10.1. The predicted octanol–water partition coefficient (Wildman–Crippen LogP) is 1.05. The van der Waals surface area contributed by atoms with Gasteiger partial charge in [0.1, 0.15) is 0 Å². The number of rotatable bonds is 4. The molecule has 1 fully saturated rings. The van der Waals surface area contributed by atoms with Gasteiger partial charge < -0.3 is 10.2 Å². The minimum Gasteiger partial charge on any atom is -0.340 e. The molecule has 1 aromatic carbocycles. The molecule has 1 aromatic rings. The first-order valence-electron chi connectivity index (χ1n) is 5.77. The average molecular weight is 218 g/mol. The SMILES string of the molecule is CN(C(=O)CCc1ccccc1)C1CNC1. The van der Waals surface area contributed by atoms with Crippen LogP contribution in [0.25, 0.3) is 0 Å². The fourth-order valence-electron chi connectivity index (χ4n) is 1.82. The molecule has 1 aliphatic heterocycles. The van der Waals surface area contributed by atoms with E-state index in [1.54, 1.807) is 0 Å². The van der Waals surface area contributed by atoms with Crippen molar-refractivity contribution in [1.82, 2.24) is 10.2 Å². The molecule has 0 atom stereocenters. The van der Waals surface area contributed by atoms with Crippen LogP contribution in [0, 0.1) is 0 Å². The highest BCUT2D eigenvalue weighted by molar-refractivity contribution is 5.76. The first-order chi connectivity index (χ1) is 7.77. The Morgan fingerprint density at radius 2 is 2.06 bits per heavy atom. The Balaban J connectivity index is 1.79. The minimum atomic E-state index is 0.246. The number of hydrogen-bond acceptors (Lipinski definition) is 2. The van der Waals surface area contributed by atoms with Crippen LogP contribution in [0.15, 0.2) is 30.3 Å². The molecule has 0 unspecified atom stereocenters. The molecule has 2 rings (SSSR count). The molecule has 1 amide bonds. The Bertz CT molecular complexity index is 346. The van der Waals surface area contributed by atoms with Crippen LogP contribution in [0.5, 0.6) is 0 Å². The van der Waals surface area contributed by atoms with Crippen LogP contribution in [0.4, 0.5) is 0 Å². The number of likely N-dealkylation sites (N-methyl/N-ethyl adjacent to an activating group) is 1. The number of carbonyl (C=O) groups excluding carboxylic acids is 1. The van der Waals surface area contributed by atoms with Crippen LogP contribution >= 0.6 is 0 Å². The molecular formula is C13H18N2O. The van der Waals surface area contributed by atoms with Crippen LogP contribution in [0.1, 0.15) is 12.0 Å². The van der Waals surface area contributed by atoms with Crippen molar-refractivity contribution >= 4 is 5.91 Å². The van der Waals surface area contributed by atoms with Crippen LogP contribution in [0.2, 0.25) is 0 Å². The summed E-state index contributed by atoms with van der Waals surface area (Å²) in [5.41, 5.74) is 1.23. The number of aryl methyl sites for hydroxylation is 1. The summed E-state index contributed by atoms with van der Waals surface area (Å²) in [7, 11) is 1.90. The van der Waals surface area contributed by atoms with Crippen molar-refractivity contribution in [2.45, 2.75) is 18.9 Å². The van der Waals surface area contributed by atoms with Gasteiger partial charge in [0.2, 0.25) is 5.91 Å². The second-order valence-electron chi connectivity index (χ2n) is 4.30. The molecule has 0 aromatic heterocycles. The predicted molar refractivity (Wildman–Crippen MR) is 64.2 cm³/mol. The quantitative estimate of drug-likeness (QED) is 0.819. The van der Waals surface area contributed by atoms with Crippen molar-refractivity contribution in [2.24, 2.45) is 0 Å². The van der Waals surface area contributed by atoms with E-state index in [0.717, 1.165) is 19.5 Å². The van der Waals surface area contributed by atoms with Gasteiger partial charge in [0.15, 0.2) is 0 Å². The van der Waals surface area contributed by atoms with E-state index in [0.29, 0.717) is 12.5 Å². The highest BCUT2D eigenvalue weighted by Crippen LogP contribution is 2.08. The summed E-state index contributed by atoms with van der Waals surface area (Å²) in [5, 5.41) is 3.18. The van der Waals surface area contributed by atoms with Crippen LogP contribution < -0.4 is 5.32 Å². The Morgan fingerprint density at radius 1 is 1.38 bits per heavy atom. The van der Waals surface area contributed by atoms with Gasteiger partial charge in [0, 0.05) is 26.6 Å². The van der Waals surface area contributed by atoms with Gasteiger partial charge in [-0.25, -0.2) is 0 Å². The van der Waals surface area contributed by atoms with Crippen LogP contribution in [0.3, 0.4) is 0 Å². The van der Waals surface area contributed by atoms with Crippen molar-refractivity contribution in [3.05, 3.63) is 35.9 Å². The molecule has 1 heterocycles. The largest absolute Gasteiger partial charge is 0.340 e. The van der Waals surface area contributed by atoms with Crippen molar-refractivity contribution in [3.8, 4) is 0 Å². The van der Waals surface area contributed by atoms with Gasteiger partial charge in [-0.15, -0.1) is 0 Å². The average Bonchev–Trinajstić information content (AvgIpc) is 2.25. The number of nitrogens with one attached hydrogen (secondary N) is 1. The Labute approximate surface area is 96.5 Å². The van der Waals surface area contributed by atoms with Crippen molar-refractivity contribution in [3.63, 3.8) is 0 Å². The minimum absolute atomic E-state index is 0.246. The van der Waals surface area contributed by atoms with E-state index in [9.17, 15) is 4.79 Å². The van der Waals surface area contributed by atoms with Gasteiger partial charge in [-0.05, 0) is 12.0 Å². The van der Waals surface area contributed by atoms with Crippen molar-refractivity contribution in [2.75, 3.05) is 20.1 Å². The van der Waals surface area contributed by atoms with E-state index < -0.39 is 0 Å². The van der Waals surface area contributed by atoms with Gasteiger partial charge in [-0.1, -0.05) is 30.3 Å². The molecule has 16 heavy (non-hydrogen) atoms. The summed E-state index contributed by atoms with van der Waals surface area (Å²) < 4.78 is 0. The molecule has 0 bridgehead atoms. The summed E-state index contributed by atoms with van der Waals surface area (Å²) in [4.78, 5) is 13.7. The number of nitrogens with zero attached hydrogens (tertiary/aromatic N) is 1. The molecule has 0 aliphatic carbocycles. The molecule has 3 heteroatoms. The molecule has 1 saturated heterocycles. The highest BCUT2D eigenvalue weighted by Gasteiger charge is 2.24. The number of amides is 1. The molecule has 0 saturated carbocycles. The Morgan fingerprint density at radius 3 is 2.62 bits per heavy atom. The van der Waals surface area contributed by atoms with E-state index in [4.69, 9.17) is 0 Å². The smallest absolute Gasteiger partial charge is 0.222 e. The lowest BCUT2D eigenvalue weighted by molar-refractivity contribution is -0.132. The van der Waals surface area contributed by atoms with Crippen molar-refractivity contribution < 1.29 is 4.79 Å². The van der Waals surface area contributed by atoms with Gasteiger partial charge in [0.05, 0.1) is 6.04 Å². The Kier molecular flexibility index (Phi) is 3.57. The Hall–Kier alpha value is -1.35. The molecule has 86 valence electrons. The van der Waals surface area contributed by atoms with Crippen LogP contribution in [-0.4, -0.2) is 37.0 Å². The van der Waals surface area contributed by atoms with Crippen molar-refractivity contribution in [1.29, 1.82) is 0 Å². The second-order valence-corrected chi connectivity index (χ2v) is 4.30. The van der Waals surface area contributed by atoms with E-state index >= 15 is 0 Å². The fourth-order valence-corrected chi connectivity index (χ4v) is 1.82. The third-order valence-corrected chi connectivity index (χ3v) is 3.17. The number of carbonyl (C=O) groups is 1. The monoisotopic (exact) mass is 218 g/mol. The zero-order valence-electron chi connectivity index (χ0n) is 9.65. The molecule has 1 aliphatic rings. The maximum atomic E-state index is 11.8. The lowest BCUT2D eigenvalue weighted by Crippen LogP contribution is -2.57. The van der Waals surface area contributed by atoms with E-state index in [1.807, 2.05) is 30.1 Å².